The lowest BCUT2D eigenvalue weighted by atomic mass is 10.1. The standard InChI is InChI=1S/C12H14BrNO/c1-8-10(5-6-13)11-7-9(15-2)3-4-12(11)14-8/h3-4,7,14H,5-6H2,1-2H3. The lowest BCUT2D eigenvalue weighted by Crippen LogP contribution is -1.87. The molecule has 2 nitrogen and oxygen atoms in total. The van der Waals surface area contributed by atoms with E-state index in [9.17, 15) is 0 Å². The van der Waals surface area contributed by atoms with Gasteiger partial charge in [0.05, 0.1) is 7.11 Å². The number of halogens is 1. The summed E-state index contributed by atoms with van der Waals surface area (Å²) in [5, 5.41) is 2.25. The van der Waals surface area contributed by atoms with Gasteiger partial charge in [-0.2, -0.15) is 0 Å². The molecule has 0 atom stereocenters. The fourth-order valence-corrected chi connectivity index (χ4v) is 2.30. The van der Waals surface area contributed by atoms with Gasteiger partial charge in [0.1, 0.15) is 5.75 Å². The predicted molar refractivity (Wildman–Crippen MR) is 67.1 cm³/mol. The molecule has 0 spiro atoms. The first kappa shape index (κ1) is 10.6. The van der Waals surface area contributed by atoms with Crippen LogP contribution in [0.3, 0.4) is 0 Å². The smallest absolute Gasteiger partial charge is 0.119 e. The Hall–Kier alpha value is -0.960. The molecule has 2 aromatic rings. The van der Waals surface area contributed by atoms with Crippen molar-refractivity contribution in [1.29, 1.82) is 0 Å². The third-order valence-corrected chi connectivity index (χ3v) is 3.07. The Balaban J connectivity index is 2.61. The topological polar surface area (TPSA) is 25.0 Å². The van der Waals surface area contributed by atoms with E-state index in [4.69, 9.17) is 4.74 Å². The average molecular weight is 268 g/mol. The van der Waals surface area contributed by atoms with E-state index in [-0.39, 0.29) is 0 Å². The van der Waals surface area contributed by atoms with Crippen LogP contribution in [0.5, 0.6) is 5.75 Å². The fourth-order valence-electron chi connectivity index (χ4n) is 1.91. The van der Waals surface area contributed by atoms with Gasteiger partial charge in [-0.25, -0.2) is 0 Å². The Kier molecular flexibility index (Phi) is 3.00. The molecule has 0 fully saturated rings. The van der Waals surface area contributed by atoms with Gasteiger partial charge in [-0.05, 0) is 37.1 Å². The Labute approximate surface area is 97.8 Å². The highest BCUT2D eigenvalue weighted by molar-refractivity contribution is 9.09. The van der Waals surface area contributed by atoms with Crippen molar-refractivity contribution in [2.45, 2.75) is 13.3 Å². The molecule has 0 aliphatic heterocycles. The summed E-state index contributed by atoms with van der Waals surface area (Å²) in [5.41, 5.74) is 3.81. The first-order chi connectivity index (χ1) is 7.26. The molecule has 0 saturated heterocycles. The second-order valence-corrected chi connectivity index (χ2v) is 4.37. The van der Waals surface area contributed by atoms with Crippen molar-refractivity contribution < 1.29 is 4.74 Å². The first-order valence-corrected chi connectivity index (χ1v) is 6.09. The zero-order valence-electron chi connectivity index (χ0n) is 8.93. The van der Waals surface area contributed by atoms with Crippen molar-refractivity contribution in [3.8, 4) is 5.75 Å². The Bertz CT molecular complexity index is 476. The van der Waals surface area contributed by atoms with Crippen LogP contribution in [0.1, 0.15) is 11.3 Å². The van der Waals surface area contributed by atoms with Crippen molar-refractivity contribution >= 4 is 26.8 Å². The molecule has 2 rings (SSSR count). The van der Waals surface area contributed by atoms with Crippen LogP contribution in [-0.2, 0) is 6.42 Å². The number of fused-ring (bicyclic) bond motifs is 1. The number of methoxy groups -OCH3 is 1. The normalized spacial score (nSPS) is 10.9. The molecule has 0 aliphatic carbocycles. The second kappa shape index (κ2) is 4.27. The quantitative estimate of drug-likeness (QED) is 0.848. The van der Waals surface area contributed by atoms with Crippen LogP contribution in [0.2, 0.25) is 0 Å². The first-order valence-electron chi connectivity index (χ1n) is 4.97. The number of rotatable bonds is 3. The second-order valence-electron chi connectivity index (χ2n) is 3.58. The Morgan fingerprint density at radius 1 is 1.40 bits per heavy atom. The predicted octanol–water partition coefficient (Wildman–Crippen LogP) is 3.42. The number of alkyl halides is 1. The summed E-state index contributed by atoms with van der Waals surface area (Å²) in [6.45, 7) is 2.12. The Morgan fingerprint density at radius 2 is 2.20 bits per heavy atom. The van der Waals surface area contributed by atoms with Crippen molar-refractivity contribution in [2.24, 2.45) is 0 Å². The zero-order valence-corrected chi connectivity index (χ0v) is 10.5. The van der Waals surface area contributed by atoms with Crippen LogP contribution < -0.4 is 4.74 Å². The molecule has 80 valence electrons. The number of aromatic nitrogens is 1. The number of benzene rings is 1. The third-order valence-electron chi connectivity index (χ3n) is 2.67. The molecule has 1 N–H and O–H groups in total. The summed E-state index contributed by atoms with van der Waals surface area (Å²) in [4.78, 5) is 3.39. The minimum atomic E-state index is 0.914. The maximum Gasteiger partial charge on any atom is 0.119 e. The van der Waals surface area contributed by atoms with E-state index in [1.807, 2.05) is 6.07 Å². The van der Waals surface area contributed by atoms with Gasteiger partial charge in [0, 0.05) is 21.9 Å². The number of aryl methyl sites for hydroxylation is 2. The summed E-state index contributed by atoms with van der Waals surface area (Å²) in [6, 6.07) is 6.14. The number of aromatic amines is 1. The third kappa shape index (κ3) is 1.88. The SMILES string of the molecule is COc1ccc2[nH]c(C)c(CCBr)c2c1. The van der Waals surface area contributed by atoms with Crippen molar-refractivity contribution in [3.05, 3.63) is 29.5 Å². The van der Waals surface area contributed by atoms with Gasteiger partial charge in [-0.15, -0.1) is 0 Å². The van der Waals surface area contributed by atoms with E-state index in [1.54, 1.807) is 7.11 Å². The Morgan fingerprint density at radius 3 is 2.87 bits per heavy atom. The number of hydrogen-bond acceptors (Lipinski definition) is 1. The van der Waals surface area contributed by atoms with E-state index in [1.165, 1.54) is 22.2 Å². The number of hydrogen-bond donors (Lipinski definition) is 1. The number of H-pyrrole nitrogens is 1. The molecule has 0 saturated carbocycles. The minimum absolute atomic E-state index is 0.914. The monoisotopic (exact) mass is 267 g/mol. The van der Waals surface area contributed by atoms with Gasteiger partial charge in [-0.3, -0.25) is 0 Å². The lowest BCUT2D eigenvalue weighted by Gasteiger charge is -2.01. The van der Waals surface area contributed by atoms with Crippen molar-refractivity contribution in [1.82, 2.24) is 4.98 Å². The van der Waals surface area contributed by atoms with E-state index in [2.05, 4.69) is 40.0 Å². The van der Waals surface area contributed by atoms with Gasteiger partial charge in [0.25, 0.3) is 0 Å². The average Bonchev–Trinajstić information content (AvgIpc) is 2.55. The van der Waals surface area contributed by atoms with Crippen LogP contribution in [0.15, 0.2) is 18.2 Å². The molecule has 15 heavy (non-hydrogen) atoms. The van der Waals surface area contributed by atoms with Crippen LogP contribution in [0.25, 0.3) is 10.9 Å². The van der Waals surface area contributed by atoms with E-state index >= 15 is 0 Å². The van der Waals surface area contributed by atoms with Crippen LogP contribution >= 0.6 is 15.9 Å². The molecule has 0 bridgehead atoms. The van der Waals surface area contributed by atoms with E-state index in [0.717, 1.165) is 17.5 Å². The summed E-state index contributed by atoms with van der Waals surface area (Å²) in [7, 11) is 1.70. The van der Waals surface area contributed by atoms with Gasteiger partial charge in [0.15, 0.2) is 0 Å². The highest BCUT2D eigenvalue weighted by Gasteiger charge is 2.08. The molecule has 3 heteroatoms. The molecule has 0 radical (unpaired) electrons. The van der Waals surface area contributed by atoms with Gasteiger partial charge >= 0.3 is 0 Å². The van der Waals surface area contributed by atoms with Crippen LogP contribution in [0, 0.1) is 6.92 Å². The highest BCUT2D eigenvalue weighted by atomic mass is 79.9. The lowest BCUT2D eigenvalue weighted by molar-refractivity contribution is 0.415. The van der Waals surface area contributed by atoms with E-state index in [0.29, 0.717) is 0 Å². The summed E-state index contributed by atoms with van der Waals surface area (Å²) < 4.78 is 5.24. The maximum absolute atomic E-state index is 5.24. The van der Waals surface area contributed by atoms with Gasteiger partial charge < -0.3 is 9.72 Å². The fraction of sp³-hybridized carbons (Fsp3) is 0.333. The molecular formula is C12H14BrNO. The van der Waals surface area contributed by atoms with E-state index < -0.39 is 0 Å². The number of ether oxygens (including phenoxy) is 1. The van der Waals surface area contributed by atoms with Crippen molar-refractivity contribution in [2.75, 3.05) is 12.4 Å². The van der Waals surface area contributed by atoms with Crippen LogP contribution in [-0.4, -0.2) is 17.4 Å². The van der Waals surface area contributed by atoms with Gasteiger partial charge in [0.2, 0.25) is 0 Å². The van der Waals surface area contributed by atoms with Gasteiger partial charge in [-0.1, -0.05) is 15.9 Å². The highest BCUT2D eigenvalue weighted by Crippen LogP contribution is 2.26. The summed E-state index contributed by atoms with van der Waals surface area (Å²) in [6.07, 6.45) is 1.04. The molecule has 0 unspecified atom stereocenters. The number of nitrogens with one attached hydrogen (secondary N) is 1. The van der Waals surface area contributed by atoms with Crippen LogP contribution in [0.4, 0.5) is 0 Å². The molecule has 0 amide bonds. The molecule has 1 aromatic heterocycles. The summed E-state index contributed by atoms with van der Waals surface area (Å²) >= 11 is 3.48. The molecule has 1 aromatic carbocycles. The molecule has 1 heterocycles. The zero-order chi connectivity index (χ0) is 10.8. The maximum atomic E-state index is 5.24. The molecular weight excluding hydrogens is 254 g/mol. The largest absolute Gasteiger partial charge is 0.497 e. The van der Waals surface area contributed by atoms with Crippen molar-refractivity contribution in [3.63, 3.8) is 0 Å². The minimum Gasteiger partial charge on any atom is -0.497 e. The molecule has 0 aliphatic rings. The summed E-state index contributed by atoms with van der Waals surface area (Å²) in [5.74, 6) is 0.914.